The molecule has 6 heteroatoms. The third kappa shape index (κ3) is 10.8. The molecule has 0 aliphatic carbocycles. The van der Waals surface area contributed by atoms with Crippen LogP contribution < -0.4 is 5.32 Å². The summed E-state index contributed by atoms with van der Waals surface area (Å²) < 4.78 is 5.31. The number of azide groups is 1. The average Bonchev–Trinajstić information content (AvgIpc) is 2.19. The van der Waals surface area contributed by atoms with Gasteiger partial charge >= 0.3 is 0 Å². The fourth-order valence-corrected chi connectivity index (χ4v) is 0.913. The van der Waals surface area contributed by atoms with Gasteiger partial charge in [-0.15, -0.1) is 0 Å². The van der Waals surface area contributed by atoms with Crippen molar-refractivity contribution in [2.45, 2.75) is 39.2 Å². The van der Waals surface area contributed by atoms with Crippen molar-refractivity contribution in [3.8, 4) is 0 Å². The van der Waals surface area contributed by atoms with E-state index in [0.29, 0.717) is 13.1 Å². The van der Waals surface area contributed by atoms with Gasteiger partial charge in [0.05, 0.1) is 5.60 Å². The summed E-state index contributed by atoms with van der Waals surface area (Å²) >= 11 is 0. The standard InChI is InChI=1S/C10H20N4O2/c1-10(2,3)16-8-9(15)12-6-4-5-7-13-14-11/h4-8H2,1-3H3,(H,12,15). The predicted octanol–water partition coefficient (Wildman–Crippen LogP) is 2.01. The molecule has 0 heterocycles. The van der Waals surface area contributed by atoms with Crippen molar-refractivity contribution in [1.82, 2.24) is 5.32 Å². The van der Waals surface area contributed by atoms with E-state index in [1.807, 2.05) is 20.8 Å². The van der Waals surface area contributed by atoms with Crippen LogP contribution in [-0.4, -0.2) is 31.2 Å². The molecule has 0 aromatic heterocycles. The van der Waals surface area contributed by atoms with E-state index < -0.39 is 0 Å². The third-order valence-corrected chi connectivity index (χ3v) is 1.71. The lowest BCUT2D eigenvalue weighted by molar-refractivity contribution is -0.130. The van der Waals surface area contributed by atoms with Gasteiger partial charge in [0.2, 0.25) is 5.91 Å². The smallest absolute Gasteiger partial charge is 0.246 e. The molecule has 0 rings (SSSR count). The van der Waals surface area contributed by atoms with Crippen LogP contribution in [0.25, 0.3) is 10.4 Å². The Labute approximate surface area is 96.0 Å². The maximum absolute atomic E-state index is 11.3. The largest absolute Gasteiger partial charge is 0.366 e. The van der Waals surface area contributed by atoms with Crippen LogP contribution in [0.2, 0.25) is 0 Å². The monoisotopic (exact) mass is 228 g/mol. The van der Waals surface area contributed by atoms with Crippen LogP contribution in [0.1, 0.15) is 33.6 Å². The molecule has 92 valence electrons. The average molecular weight is 228 g/mol. The van der Waals surface area contributed by atoms with E-state index in [1.165, 1.54) is 0 Å². The molecule has 0 aliphatic heterocycles. The normalized spacial score (nSPS) is 10.7. The van der Waals surface area contributed by atoms with Crippen molar-refractivity contribution in [3.63, 3.8) is 0 Å². The number of ether oxygens (including phenoxy) is 1. The fraction of sp³-hybridized carbons (Fsp3) is 0.900. The number of amides is 1. The predicted molar refractivity (Wildman–Crippen MR) is 62.0 cm³/mol. The van der Waals surface area contributed by atoms with Gasteiger partial charge in [0, 0.05) is 18.0 Å². The number of hydrogen-bond donors (Lipinski definition) is 1. The molecule has 0 atom stereocenters. The second-order valence-electron chi connectivity index (χ2n) is 4.41. The second-order valence-corrected chi connectivity index (χ2v) is 4.41. The lowest BCUT2D eigenvalue weighted by atomic mass is 10.2. The number of carbonyl (C=O) groups is 1. The first-order valence-corrected chi connectivity index (χ1v) is 5.37. The molecular weight excluding hydrogens is 208 g/mol. The van der Waals surface area contributed by atoms with Gasteiger partial charge in [0.1, 0.15) is 6.61 Å². The van der Waals surface area contributed by atoms with Crippen molar-refractivity contribution < 1.29 is 9.53 Å². The number of nitrogens with one attached hydrogen (secondary N) is 1. The van der Waals surface area contributed by atoms with Gasteiger partial charge < -0.3 is 10.1 Å². The molecular formula is C10H20N4O2. The van der Waals surface area contributed by atoms with Crippen LogP contribution in [-0.2, 0) is 9.53 Å². The molecule has 0 saturated carbocycles. The van der Waals surface area contributed by atoms with Gasteiger partial charge in [-0.3, -0.25) is 4.79 Å². The number of carbonyl (C=O) groups excluding carboxylic acids is 1. The first kappa shape index (κ1) is 14.7. The van der Waals surface area contributed by atoms with Gasteiger partial charge in [-0.25, -0.2) is 0 Å². The van der Waals surface area contributed by atoms with E-state index in [4.69, 9.17) is 10.3 Å². The molecule has 0 unspecified atom stereocenters. The van der Waals surface area contributed by atoms with Crippen molar-refractivity contribution in [2.75, 3.05) is 19.7 Å². The Balaban J connectivity index is 3.41. The molecule has 0 fully saturated rings. The summed E-state index contributed by atoms with van der Waals surface area (Å²) in [7, 11) is 0. The summed E-state index contributed by atoms with van der Waals surface area (Å²) in [4.78, 5) is 13.9. The Morgan fingerprint density at radius 1 is 1.44 bits per heavy atom. The molecule has 6 nitrogen and oxygen atoms in total. The maximum atomic E-state index is 11.3. The SMILES string of the molecule is CC(C)(C)OCC(=O)NCCCCN=[N+]=[N-]. The summed E-state index contributed by atoms with van der Waals surface area (Å²) in [5, 5.41) is 6.13. The van der Waals surface area contributed by atoms with Gasteiger partial charge in [-0.1, -0.05) is 5.11 Å². The summed E-state index contributed by atoms with van der Waals surface area (Å²) in [6.45, 7) is 6.86. The highest BCUT2D eigenvalue weighted by Crippen LogP contribution is 2.05. The van der Waals surface area contributed by atoms with E-state index in [0.717, 1.165) is 12.8 Å². The van der Waals surface area contributed by atoms with Crippen molar-refractivity contribution in [1.29, 1.82) is 0 Å². The van der Waals surface area contributed by atoms with Crippen LogP contribution in [0.15, 0.2) is 5.11 Å². The molecule has 0 aromatic rings. The van der Waals surface area contributed by atoms with E-state index in [1.54, 1.807) is 0 Å². The van der Waals surface area contributed by atoms with E-state index >= 15 is 0 Å². The summed E-state index contributed by atoms with van der Waals surface area (Å²) in [6, 6.07) is 0. The first-order valence-electron chi connectivity index (χ1n) is 5.37. The molecule has 0 aromatic carbocycles. The summed E-state index contributed by atoms with van der Waals surface area (Å²) in [6.07, 6.45) is 1.59. The zero-order valence-corrected chi connectivity index (χ0v) is 10.2. The zero-order chi connectivity index (χ0) is 12.4. The van der Waals surface area contributed by atoms with E-state index in [-0.39, 0.29) is 18.1 Å². The van der Waals surface area contributed by atoms with Crippen molar-refractivity contribution >= 4 is 5.91 Å². The second kappa shape index (κ2) is 7.96. The Hall–Kier alpha value is -1.26. The van der Waals surface area contributed by atoms with Gasteiger partial charge in [0.25, 0.3) is 0 Å². The van der Waals surface area contributed by atoms with Crippen molar-refractivity contribution in [2.24, 2.45) is 5.11 Å². The number of unbranched alkanes of at least 4 members (excludes halogenated alkanes) is 1. The first-order chi connectivity index (χ1) is 7.45. The van der Waals surface area contributed by atoms with Crippen LogP contribution in [0, 0.1) is 0 Å². The Morgan fingerprint density at radius 2 is 2.12 bits per heavy atom. The zero-order valence-electron chi connectivity index (χ0n) is 10.2. The van der Waals surface area contributed by atoms with Crippen molar-refractivity contribution in [3.05, 3.63) is 10.4 Å². The lowest BCUT2D eigenvalue weighted by Crippen LogP contribution is -2.32. The fourth-order valence-electron chi connectivity index (χ4n) is 0.913. The molecule has 16 heavy (non-hydrogen) atoms. The van der Waals surface area contributed by atoms with E-state index in [9.17, 15) is 4.79 Å². The van der Waals surface area contributed by atoms with Crippen LogP contribution in [0.5, 0.6) is 0 Å². The minimum absolute atomic E-state index is 0.0832. The Kier molecular flexibility index (Phi) is 7.33. The van der Waals surface area contributed by atoms with E-state index in [2.05, 4.69) is 15.3 Å². The topological polar surface area (TPSA) is 87.1 Å². The van der Waals surface area contributed by atoms with Gasteiger partial charge in [-0.2, -0.15) is 0 Å². The van der Waals surface area contributed by atoms with Crippen LogP contribution in [0.3, 0.4) is 0 Å². The maximum Gasteiger partial charge on any atom is 0.246 e. The Bertz CT molecular complexity index is 254. The molecule has 0 spiro atoms. The summed E-state index contributed by atoms with van der Waals surface area (Å²) in [5.74, 6) is -0.112. The highest BCUT2D eigenvalue weighted by Gasteiger charge is 2.12. The highest BCUT2D eigenvalue weighted by molar-refractivity contribution is 5.77. The summed E-state index contributed by atoms with van der Waals surface area (Å²) in [5.41, 5.74) is 7.74. The third-order valence-electron chi connectivity index (χ3n) is 1.71. The molecule has 0 bridgehead atoms. The lowest BCUT2D eigenvalue weighted by Gasteiger charge is -2.18. The van der Waals surface area contributed by atoms with Gasteiger partial charge in [-0.05, 0) is 39.1 Å². The quantitative estimate of drug-likeness (QED) is 0.312. The minimum atomic E-state index is -0.293. The molecule has 0 saturated heterocycles. The minimum Gasteiger partial charge on any atom is -0.366 e. The number of rotatable bonds is 7. The number of hydrogen-bond acceptors (Lipinski definition) is 3. The van der Waals surface area contributed by atoms with Gasteiger partial charge in [0.15, 0.2) is 0 Å². The molecule has 0 aliphatic rings. The van der Waals surface area contributed by atoms with Crippen LogP contribution in [0.4, 0.5) is 0 Å². The molecule has 1 amide bonds. The molecule has 0 radical (unpaired) electrons. The van der Waals surface area contributed by atoms with Crippen LogP contribution >= 0.6 is 0 Å². The Morgan fingerprint density at radius 3 is 2.69 bits per heavy atom. The molecule has 1 N–H and O–H groups in total. The highest BCUT2D eigenvalue weighted by atomic mass is 16.5. The number of nitrogens with zero attached hydrogens (tertiary/aromatic N) is 3.